The Kier molecular flexibility index (Phi) is 5.57. The number of ketones is 1. The van der Waals surface area contributed by atoms with Gasteiger partial charge in [-0.05, 0) is 30.0 Å². The second-order valence-corrected chi connectivity index (χ2v) is 6.00. The molecule has 2 atom stereocenters. The Labute approximate surface area is 122 Å². The maximum absolute atomic E-state index is 13.3. The molecule has 20 heavy (non-hydrogen) atoms. The van der Waals surface area contributed by atoms with Crippen molar-refractivity contribution >= 4 is 17.5 Å². The highest BCUT2D eigenvalue weighted by atomic mass is 32.2. The SMILES string of the molecule is COC(OC)C(=O)C1CSCC(c2cccc(F)c2)C1. The summed E-state index contributed by atoms with van der Waals surface area (Å²) in [6.45, 7) is 0. The number of thioether (sulfide) groups is 1. The van der Waals surface area contributed by atoms with Gasteiger partial charge in [0.1, 0.15) is 5.82 Å². The summed E-state index contributed by atoms with van der Waals surface area (Å²) in [7, 11) is 2.93. The zero-order valence-electron chi connectivity index (χ0n) is 11.7. The first kappa shape index (κ1) is 15.5. The predicted molar refractivity (Wildman–Crippen MR) is 77.4 cm³/mol. The molecule has 1 aromatic carbocycles. The first-order valence-electron chi connectivity index (χ1n) is 6.58. The quantitative estimate of drug-likeness (QED) is 0.783. The second kappa shape index (κ2) is 7.20. The topological polar surface area (TPSA) is 35.5 Å². The average Bonchev–Trinajstić information content (AvgIpc) is 2.48. The van der Waals surface area contributed by atoms with Crippen molar-refractivity contribution in [3.8, 4) is 0 Å². The minimum atomic E-state index is -0.799. The zero-order chi connectivity index (χ0) is 14.5. The lowest BCUT2D eigenvalue weighted by Gasteiger charge is -2.29. The molecule has 0 N–H and O–H groups in total. The summed E-state index contributed by atoms with van der Waals surface area (Å²) in [5.41, 5.74) is 0.960. The Hall–Kier alpha value is -0.910. The molecule has 0 aliphatic carbocycles. The molecule has 0 amide bonds. The van der Waals surface area contributed by atoms with Crippen LogP contribution in [0.3, 0.4) is 0 Å². The van der Waals surface area contributed by atoms with Crippen LogP contribution in [-0.4, -0.2) is 37.8 Å². The van der Waals surface area contributed by atoms with Gasteiger partial charge in [0.15, 0.2) is 5.78 Å². The molecule has 0 bridgehead atoms. The van der Waals surface area contributed by atoms with Gasteiger partial charge in [0.25, 0.3) is 0 Å². The number of ether oxygens (including phenoxy) is 2. The molecule has 110 valence electrons. The number of Topliss-reactive ketones (excluding diaryl/α,β-unsaturated/α-hetero) is 1. The number of carbonyl (C=O) groups is 1. The molecule has 1 aromatic rings. The Morgan fingerprint density at radius 2 is 2.10 bits per heavy atom. The highest BCUT2D eigenvalue weighted by molar-refractivity contribution is 7.99. The maximum Gasteiger partial charge on any atom is 0.217 e. The van der Waals surface area contributed by atoms with Gasteiger partial charge in [-0.25, -0.2) is 4.39 Å². The third kappa shape index (κ3) is 3.59. The van der Waals surface area contributed by atoms with E-state index >= 15 is 0 Å². The molecular weight excluding hydrogens is 279 g/mol. The maximum atomic E-state index is 13.3. The van der Waals surface area contributed by atoms with E-state index < -0.39 is 6.29 Å². The standard InChI is InChI=1S/C15H19FO3S/c1-18-15(19-2)14(17)12-6-11(8-20-9-12)10-4-3-5-13(16)7-10/h3-5,7,11-12,15H,6,8-9H2,1-2H3. The largest absolute Gasteiger partial charge is 0.349 e. The van der Waals surface area contributed by atoms with Gasteiger partial charge >= 0.3 is 0 Å². The van der Waals surface area contributed by atoms with Crippen molar-refractivity contribution in [2.45, 2.75) is 18.6 Å². The Morgan fingerprint density at radius 3 is 2.75 bits per heavy atom. The van der Waals surface area contributed by atoms with Crippen LogP contribution in [0.5, 0.6) is 0 Å². The van der Waals surface area contributed by atoms with Crippen molar-refractivity contribution < 1.29 is 18.7 Å². The van der Waals surface area contributed by atoms with E-state index in [-0.39, 0.29) is 23.4 Å². The number of hydrogen-bond donors (Lipinski definition) is 0. The van der Waals surface area contributed by atoms with Gasteiger partial charge in [0.05, 0.1) is 0 Å². The molecule has 2 rings (SSSR count). The van der Waals surface area contributed by atoms with Crippen molar-refractivity contribution in [2.75, 3.05) is 25.7 Å². The molecule has 1 aliphatic rings. The lowest BCUT2D eigenvalue weighted by molar-refractivity contribution is -0.160. The predicted octanol–water partition coefficient (Wildman–Crippen LogP) is 2.85. The summed E-state index contributed by atoms with van der Waals surface area (Å²) in [6, 6.07) is 6.63. The van der Waals surface area contributed by atoms with Gasteiger partial charge in [0.2, 0.25) is 6.29 Å². The first-order valence-corrected chi connectivity index (χ1v) is 7.73. The van der Waals surface area contributed by atoms with Crippen LogP contribution in [0.15, 0.2) is 24.3 Å². The monoisotopic (exact) mass is 298 g/mol. The van der Waals surface area contributed by atoms with Crippen molar-refractivity contribution in [3.05, 3.63) is 35.6 Å². The summed E-state index contributed by atoms with van der Waals surface area (Å²) in [6.07, 6.45) is -0.0785. The van der Waals surface area contributed by atoms with Crippen LogP contribution in [0.1, 0.15) is 17.9 Å². The fourth-order valence-electron chi connectivity index (χ4n) is 2.54. The molecule has 2 unspecified atom stereocenters. The third-order valence-corrected chi connectivity index (χ3v) is 4.87. The van der Waals surface area contributed by atoms with Gasteiger partial charge in [-0.2, -0.15) is 11.8 Å². The molecule has 3 nitrogen and oxygen atoms in total. The minimum Gasteiger partial charge on any atom is -0.349 e. The van der Waals surface area contributed by atoms with E-state index in [2.05, 4.69) is 0 Å². The summed E-state index contributed by atoms with van der Waals surface area (Å²) < 4.78 is 23.4. The lowest BCUT2D eigenvalue weighted by atomic mass is 9.88. The van der Waals surface area contributed by atoms with Crippen molar-refractivity contribution in [3.63, 3.8) is 0 Å². The van der Waals surface area contributed by atoms with E-state index in [1.54, 1.807) is 23.9 Å². The van der Waals surface area contributed by atoms with E-state index in [9.17, 15) is 9.18 Å². The number of methoxy groups -OCH3 is 2. The van der Waals surface area contributed by atoms with Crippen molar-refractivity contribution in [1.29, 1.82) is 0 Å². The molecule has 1 heterocycles. The van der Waals surface area contributed by atoms with Crippen LogP contribution < -0.4 is 0 Å². The van der Waals surface area contributed by atoms with Crippen molar-refractivity contribution in [1.82, 2.24) is 0 Å². The average molecular weight is 298 g/mol. The third-order valence-electron chi connectivity index (χ3n) is 3.59. The van der Waals surface area contributed by atoms with Crippen LogP contribution in [0.25, 0.3) is 0 Å². The molecule has 1 aliphatic heterocycles. The Morgan fingerprint density at radius 1 is 1.35 bits per heavy atom. The van der Waals surface area contributed by atoms with Gasteiger partial charge in [-0.15, -0.1) is 0 Å². The molecule has 1 fully saturated rings. The van der Waals surface area contributed by atoms with E-state index in [1.165, 1.54) is 20.3 Å². The Bertz CT molecular complexity index is 462. The summed E-state index contributed by atoms with van der Waals surface area (Å²) >= 11 is 1.72. The van der Waals surface area contributed by atoms with E-state index in [0.29, 0.717) is 0 Å². The van der Waals surface area contributed by atoms with E-state index in [4.69, 9.17) is 9.47 Å². The van der Waals surface area contributed by atoms with Crippen molar-refractivity contribution in [2.24, 2.45) is 5.92 Å². The van der Waals surface area contributed by atoms with Crippen LogP contribution >= 0.6 is 11.8 Å². The zero-order valence-corrected chi connectivity index (χ0v) is 12.5. The van der Waals surface area contributed by atoms with Crippen LogP contribution in [0, 0.1) is 11.7 Å². The number of rotatable bonds is 5. The van der Waals surface area contributed by atoms with Gasteiger partial charge < -0.3 is 9.47 Å². The number of benzene rings is 1. The van der Waals surface area contributed by atoms with Crippen LogP contribution in [0.4, 0.5) is 4.39 Å². The molecule has 5 heteroatoms. The highest BCUT2D eigenvalue weighted by Crippen LogP contribution is 2.35. The van der Waals surface area contributed by atoms with Gasteiger partial charge in [-0.3, -0.25) is 4.79 Å². The van der Waals surface area contributed by atoms with Gasteiger partial charge in [0, 0.05) is 31.6 Å². The fraction of sp³-hybridized carbons (Fsp3) is 0.533. The highest BCUT2D eigenvalue weighted by Gasteiger charge is 2.32. The van der Waals surface area contributed by atoms with Crippen LogP contribution in [0.2, 0.25) is 0 Å². The number of carbonyl (C=O) groups excluding carboxylic acids is 1. The molecular formula is C15H19FO3S. The number of halogens is 1. The smallest absolute Gasteiger partial charge is 0.217 e. The number of hydrogen-bond acceptors (Lipinski definition) is 4. The molecule has 0 saturated carbocycles. The molecule has 1 saturated heterocycles. The fourth-order valence-corrected chi connectivity index (χ4v) is 3.88. The van der Waals surface area contributed by atoms with Crippen LogP contribution in [-0.2, 0) is 14.3 Å². The lowest BCUT2D eigenvalue weighted by Crippen LogP contribution is -2.35. The first-order chi connectivity index (χ1) is 9.65. The van der Waals surface area contributed by atoms with E-state index in [1.807, 2.05) is 6.07 Å². The molecule has 0 spiro atoms. The molecule has 0 radical (unpaired) electrons. The van der Waals surface area contributed by atoms with Gasteiger partial charge in [-0.1, -0.05) is 12.1 Å². The minimum absolute atomic E-state index is 0.0244. The summed E-state index contributed by atoms with van der Waals surface area (Å²) in [4.78, 5) is 12.3. The molecule has 0 aromatic heterocycles. The van der Waals surface area contributed by atoms with E-state index in [0.717, 1.165) is 23.5 Å². The summed E-state index contributed by atoms with van der Waals surface area (Å²) in [5.74, 6) is 1.53. The Balaban J connectivity index is 2.07. The summed E-state index contributed by atoms with van der Waals surface area (Å²) in [5, 5.41) is 0. The normalized spacial score (nSPS) is 23.0. The second-order valence-electron chi connectivity index (χ2n) is 4.93.